The first-order valence-corrected chi connectivity index (χ1v) is 27.0. The van der Waals surface area contributed by atoms with Crippen LogP contribution in [0.2, 0.25) is 0 Å². The standard InChI is InChI=1S/C75H54/c1-2-27-57(72-63-38-13-14-39-64(72)49-22-48-63)29-5-6-31-59(74-67-42-17-18-43-68(74)53-24-52-67)33-9-10-35-60(75-69-44-19-20-45-70(75)55-25-54-69)34-8-7-32-58(73-65-40-15-16-41-66(73)51-23-50-65)30-4-3-28-56(26-1)71-61-36-11-12-37-62(71)47-21-46-61/h11-20,36-42,44,68,70H,21-25,43,45-55H2. The molecular weight excluding hydrogens is 901 g/mol. The van der Waals surface area contributed by atoms with Gasteiger partial charge in [0.15, 0.2) is 0 Å². The normalized spacial score (nSPS) is 24.9. The zero-order chi connectivity index (χ0) is 50.4. The molecule has 0 saturated heterocycles. The Morgan fingerprint density at radius 3 is 0.773 bits per heavy atom. The molecule has 75 heavy (non-hydrogen) atoms. The Balaban J connectivity index is 1.14. The van der Waals surface area contributed by atoms with Gasteiger partial charge >= 0.3 is 0 Å². The molecule has 0 aromatic rings. The van der Waals surface area contributed by atoms with Gasteiger partial charge in [0, 0.05) is 16.7 Å². The third-order valence-electron chi connectivity index (χ3n) is 15.4. The van der Waals surface area contributed by atoms with Gasteiger partial charge in [-0.05, 0) is 295 Å². The molecule has 0 aromatic heterocycles. The molecule has 0 aromatic carbocycles. The second-order valence-corrected chi connectivity index (χ2v) is 20.1. The van der Waals surface area contributed by atoms with Crippen molar-refractivity contribution >= 4 is 0 Å². The SMILES string of the molecule is C1#CC(=C2C3=CC=CC=C2CCC3)C#CC#CC(=C2C3=CC=CC=C2CCC3)C#CC#CC(=C2C3=CC=CCC2CCC3)C#CC#CC(=C2C3=CC=CCC2CCC3)C#CC#CC(=C2C3=CC=CC=C2CCC3)C#C1. The van der Waals surface area contributed by atoms with Crippen molar-refractivity contribution in [2.75, 3.05) is 0 Å². The van der Waals surface area contributed by atoms with Crippen molar-refractivity contribution in [3.63, 3.8) is 0 Å². The van der Waals surface area contributed by atoms with Crippen LogP contribution >= 0.6 is 0 Å². The highest BCUT2D eigenvalue weighted by atomic mass is 14.3. The molecule has 11 aliphatic carbocycles. The van der Waals surface area contributed by atoms with Crippen LogP contribution in [0.1, 0.15) is 109 Å². The second-order valence-electron chi connectivity index (χ2n) is 20.1. The maximum Gasteiger partial charge on any atom is 0.0842 e. The van der Waals surface area contributed by atoms with Crippen molar-refractivity contribution < 1.29 is 0 Å². The summed E-state index contributed by atoms with van der Waals surface area (Å²) in [6.07, 6.45) is 56.7. The number of hydrogen-bond acceptors (Lipinski definition) is 0. The lowest BCUT2D eigenvalue weighted by molar-refractivity contribution is 0.507. The molecule has 0 aliphatic heterocycles. The summed E-state index contributed by atoms with van der Waals surface area (Å²) in [6, 6.07) is 0. The highest BCUT2D eigenvalue weighted by Crippen LogP contribution is 2.43. The van der Waals surface area contributed by atoms with Gasteiger partial charge in [-0.25, -0.2) is 0 Å². The molecule has 354 valence electrons. The summed E-state index contributed by atoms with van der Waals surface area (Å²) in [6.45, 7) is 0. The van der Waals surface area contributed by atoms with Gasteiger partial charge in [-0.2, -0.15) is 0 Å². The summed E-state index contributed by atoms with van der Waals surface area (Å²) in [7, 11) is 0. The van der Waals surface area contributed by atoms with Crippen molar-refractivity contribution in [1.29, 1.82) is 0 Å². The molecule has 5 saturated carbocycles. The molecule has 0 heterocycles. The zero-order valence-corrected chi connectivity index (χ0v) is 42.6. The monoisotopic (exact) mass is 954 g/mol. The minimum absolute atomic E-state index is 0.335. The van der Waals surface area contributed by atoms with Crippen molar-refractivity contribution in [1.82, 2.24) is 0 Å². The average Bonchev–Trinajstić information content (AvgIpc) is 3.80. The van der Waals surface area contributed by atoms with Crippen molar-refractivity contribution in [3.05, 3.63) is 210 Å². The largest absolute Gasteiger partial charge is 0.0842 e. The van der Waals surface area contributed by atoms with E-state index in [1.807, 2.05) is 0 Å². The molecule has 11 aliphatic rings. The van der Waals surface area contributed by atoms with E-state index in [1.165, 1.54) is 55.7 Å². The van der Waals surface area contributed by atoms with E-state index in [1.54, 1.807) is 0 Å². The molecule has 0 nitrogen and oxygen atoms in total. The van der Waals surface area contributed by atoms with Crippen LogP contribution in [0, 0.1) is 130 Å². The van der Waals surface area contributed by atoms with Crippen LogP contribution in [0.3, 0.4) is 0 Å². The number of allylic oxidation sites excluding steroid dienone is 36. The van der Waals surface area contributed by atoms with E-state index in [0.717, 1.165) is 154 Å². The Kier molecular flexibility index (Phi) is 15.2. The zero-order valence-electron chi connectivity index (χ0n) is 42.6. The van der Waals surface area contributed by atoms with Crippen LogP contribution in [-0.4, -0.2) is 0 Å². The van der Waals surface area contributed by atoms with Crippen LogP contribution in [0.4, 0.5) is 0 Å². The molecule has 0 spiro atoms. The molecule has 11 rings (SSSR count). The predicted molar refractivity (Wildman–Crippen MR) is 309 cm³/mol. The van der Waals surface area contributed by atoms with E-state index >= 15 is 0 Å². The van der Waals surface area contributed by atoms with Gasteiger partial charge in [-0.15, -0.1) is 0 Å². The maximum absolute atomic E-state index is 3.49. The molecule has 0 heteroatoms. The second kappa shape index (κ2) is 23.6. The van der Waals surface area contributed by atoms with Gasteiger partial charge in [0.1, 0.15) is 0 Å². The van der Waals surface area contributed by atoms with E-state index in [9.17, 15) is 0 Å². The molecule has 5 fully saturated rings. The van der Waals surface area contributed by atoms with E-state index in [-0.39, 0.29) is 0 Å². The first-order chi connectivity index (χ1) is 37.2. The quantitative estimate of drug-likeness (QED) is 0.212. The lowest BCUT2D eigenvalue weighted by Gasteiger charge is -2.26. The van der Waals surface area contributed by atoms with E-state index in [2.05, 4.69) is 228 Å². The van der Waals surface area contributed by atoms with Gasteiger partial charge < -0.3 is 0 Å². The summed E-state index contributed by atoms with van der Waals surface area (Å²) in [5, 5.41) is 0. The van der Waals surface area contributed by atoms with Crippen LogP contribution in [0.5, 0.6) is 0 Å². The fraction of sp³-hybridized carbons (Fsp3) is 0.253. The van der Waals surface area contributed by atoms with Gasteiger partial charge in [-0.3, -0.25) is 0 Å². The van der Waals surface area contributed by atoms with E-state index in [0.29, 0.717) is 11.8 Å². The van der Waals surface area contributed by atoms with Crippen molar-refractivity contribution in [2.45, 2.75) is 109 Å². The number of hydrogen-bond donors (Lipinski definition) is 0. The van der Waals surface area contributed by atoms with Crippen LogP contribution in [-0.2, 0) is 0 Å². The fourth-order valence-electron chi connectivity index (χ4n) is 12.1. The number of rotatable bonds is 0. The maximum atomic E-state index is 3.49. The average molecular weight is 955 g/mol. The molecule has 2 atom stereocenters. The molecule has 10 bridgehead atoms. The van der Waals surface area contributed by atoms with E-state index < -0.39 is 0 Å². The molecule has 2 unspecified atom stereocenters. The lowest BCUT2D eigenvalue weighted by Crippen LogP contribution is -2.13. The molecule has 0 amide bonds. The van der Waals surface area contributed by atoms with Crippen molar-refractivity contribution in [3.8, 4) is 118 Å². The summed E-state index contributed by atoms with van der Waals surface area (Å²) >= 11 is 0. The fourth-order valence-corrected chi connectivity index (χ4v) is 12.1. The molecular formula is C75H54. The van der Waals surface area contributed by atoms with E-state index in [4.69, 9.17) is 0 Å². The Morgan fingerprint density at radius 2 is 0.493 bits per heavy atom. The van der Waals surface area contributed by atoms with Crippen LogP contribution in [0.25, 0.3) is 0 Å². The first-order valence-electron chi connectivity index (χ1n) is 27.0. The highest BCUT2D eigenvalue weighted by Gasteiger charge is 2.28. The number of fused-ring (bicyclic) bond motifs is 10. The Bertz CT molecular complexity index is 3560. The minimum atomic E-state index is 0.335. The molecule has 0 radical (unpaired) electrons. The summed E-state index contributed by atoms with van der Waals surface area (Å²) in [5.41, 5.74) is 19.5. The first kappa shape index (κ1) is 48.2. The predicted octanol–water partition coefficient (Wildman–Crippen LogP) is 14.7. The lowest BCUT2D eigenvalue weighted by atomic mass is 9.77. The Labute approximate surface area is 446 Å². The summed E-state index contributed by atoms with van der Waals surface area (Å²) in [5.74, 6) is 68.0. The van der Waals surface area contributed by atoms with Crippen LogP contribution in [0.15, 0.2) is 210 Å². The smallest absolute Gasteiger partial charge is 0.0839 e. The highest BCUT2D eigenvalue weighted by molar-refractivity contribution is 5.71. The summed E-state index contributed by atoms with van der Waals surface area (Å²) < 4.78 is 0. The Morgan fingerprint density at radius 1 is 0.253 bits per heavy atom. The third kappa shape index (κ3) is 11.3. The summed E-state index contributed by atoms with van der Waals surface area (Å²) in [4.78, 5) is 0. The topological polar surface area (TPSA) is 0 Å². The van der Waals surface area contributed by atoms with Gasteiger partial charge in [0.05, 0.1) is 27.9 Å². The van der Waals surface area contributed by atoms with Crippen LogP contribution < -0.4 is 0 Å². The minimum Gasteiger partial charge on any atom is -0.0839 e. The van der Waals surface area contributed by atoms with Gasteiger partial charge in [0.2, 0.25) is 0 Å². The van der Waals surface area contributed by atoms with Gasteiger partial charge in [0.25, 0.3) is 0 Å². The van der Waals surface area contributed by atoms with Crippen molar-refractivity contribution in [2.24, 2.45) is 11.8 Å². The van der Waals surface area contributed by atoms with Gasteiger partial charge in [-0.1, -0.05) is 109 Å². The molecule has 0 N–H and O–H groups in total. The Hall–Kier alpha value is -9.08. The third-order valence-corrected chi connectivity index (χ3v) is 15.4.